The maximum atomic E-state index is 12.3. The summed E-state index contributed by atoms with van der Waals surface area (Å²) >= 11 is 0. The second-order valence-corrected chi connectivity index (χ2v) is 7.46. The number of anilines is 2. The zero-order valence-electron chi connectivity index (χ0n) is 17.0. The Balaban J connectivity index is 1.57. The molecular weight excluding hydrogens is 352 g/mol. The van der Waals surface area contributed by atoms with Crippen LogP contribution in [-0.4, -0.2) is 55.2 Å². The van der Waals surface area contributed by atoms with Crippen LogP contribution in [0.1, 0.15) is 41.3 Å². The topological polar surface area (TPSA) is 66.5 Å². The van der Waals surface area contributed by atoms with Crippen LogP contribution in [0.15, 0.2) is 36.5 Å². The summed E-state index contributed by atoms with van der Waals surface area (Å²) < 4.78 is 5.33. The van der Waals surface area contributed by atoms with Gasteiger partial charge >= 0.3 is 0 Å². The Morgan fingerprint density at radius 1 is 1.21 bits per heavy atom. The van der Waals surface area contributed by atoms with E-state index >= 15 is 0 Å². The number of nitrogens with zero attached hydrogens (tertiary/aromatic N) is 2. The van der Waals surface area contributed by atoms with Gasteiger partial charge in [0.1, 0.15) is 5.82 Å². The van der Waals surface area contributed by atoms with E-state index in [1.165, 1.54) is 11.1 Å². The number of nitrogens with one attached hydrogen (secondary N) is 2. The predicted octanol–water partition coefficient (Wildman–Crippen LogP) is 3.32. The van der Waals surface area contributed by atoms with E-state index in [-0.39, 0.29) is 5.91 Å². The lowest BCUT2D eigenvalue weighted by Crippen LogP contribution is -2.41. The van der Waals surface area contributed by atoms with Crippen LogP contribution in [0.25, 0.3) is 0 Å². The van der Waals surface area contributed by atoms with Crippen LogP contribution >= 0.6 is 0 Å². The average molecular weight is 383 g/mol. The van der Waals surface area contributed by atoms with Crippen molar-refractivity contribution in [3.63, 3.8) is 0 Å². The lowest BCUT2D eigenvalue weighted by atomic mass is 9.98. The molecule has 6 heteroatoms. The molecule has 3 rings (SSSR count). The summed E-state index contributed by atoms with van der Waals surface area (Å²) in [6, 6.07) is 9.97. The van der Waals surface area contributed by atoms with E-state index in [9.17, 15) is 4.79 Å². The maximum absolute atomic E-state index is 12.3. The average Bonchev–Trinajstić information content (AvgIpc) is 2.70. The van der Waals surface area contributed by atoms with Crippen molar-refractivity contribution in [2.75, 3.05) is 44.7 Å². The zero-order valence-corrected chi connectivity index (χ0v) is 17.0. The van der Waals surface area contributed by atoms with Crippen molar-refractivity contribution >= 4 is 17.4 Å². The maximum Gasteiger partial charge on any atom is 0.252 e. The molecule has 0 atom stereocenters. The van der Waals surface area contributed by atoms with Gasteiger partial charge in [0, 0.05) is 38.1 Å². The Bertz CT molecular complexity index is 784. The Kier molecular flexibility index (Phi) is 7.01. The quantitative estimate of drug-likeness (QED) is 0.769. The number of pyridine rings is 1. The van der Waals surface area contributed by atoms with Crippen LogP contribution in [-0.2, 0) is 4.74 Å². The highest BCUT2D eigenvalue weighted by Gasteiger charge is 2.12. The van der Waals surface area contributed by atoms with Gasteiger partial charge in [0.2, 0.25) is 0 Å². The molecule has 0 radical (unpaired) electrons. The van der Waals surface area contributed by atoms with Gasteiger partial charge in [-0.05, 0) is 36.1 Å². The molecular formula is C22H30N4O2. The molecule has 1 amide bonds. The summed E-state index contributed by atoms with van der Waals surface area (Å²) in [6.45, 7) is 11.3. The number of carbonyl (C=O) groups excluding carboxylic acids is 1. The molecule has 1 aromatic heterocycles. The summed E-state index contributed by atoms with van der Waals surface area (Å²) in [7, 11) is 0. The number of para-hydroxylation sites is 1. The number of rotatable bonds is 7. The molecule has 0 spiro atoms. The summed E-state index contributed by atoms with van der Waals surface area (Å²) in [6.07, 6.45) is 1.62. The van der Waals surface area contributed by atoms with Crippen LogP contribution < -0.4 is 10.6 Å². The molecule has 2 N–H and O–H groups in total. The Morgan fingerprint density at radius 2 is 2.00 bits per heavy atom. The second-order valence-electron chi connectivity index (χ2n) is 7.46. The molecule has 1 aliphatic rings. The first-order valence-corrected chi connectivity index (χ1v) is 9.95. The standard InChI is InChI=1S/C22H30N4O2/c1-16(2)19-6-4-5-17(3)21(19)25-20-8-7-18(15-24-20)22(27)23-9-10-26-11-13-28-14-12-26/h4-8,15-16H,9-14H2,1-3H3,(H,23,27)(H,24,25). The largest absolute Gasteiger partial charge is 0.379 e. The van der Waals surface area contributed by atoms with E-state index in [0.717, 1.165) is 44.4 Å². The van der Waals surface area contributed by atoms with Crippen molar-refractivity contribution in [2.24, 2.45) is 0 Å². The molecule has 0 saturated carbocycles. The molecule has 2 aromatic rings. The number of hydrogen-bond acceptors (Lipinski definition) is 5. The van der Waals surface area contributed by atoms with Crippen molar-refractivity contribution in [1.29, 1.82) is 0 Å². The Hall–Kier alpha value is -2.44. The first-order valence-electron chi connectivity index (χ1n) is 9.95. The van der Waals surface area contributed by atoms with E-state index < -0.39 is 0 Å². The normalized spacial score (nSPS) is 14.9. The monoisotopic (exact) mass is 382 g/mol. The molecule has 2 heterocycles. The minimum absolute atomic E-state index is 0.0916. The molecule has 0 bridgehead atoms. The van der Waals surface area contributed by atoms with Gasteiger partial charge in [-0.1, -0.05) is 32.0 Å². The molecule has 1 saturated heterocycles. The zero-order chi connectivity index (χ0) is 19.9. The van der Waals surface area contributed by atoms with Crippen molar-refractivity contribution in [3.8, 4) is 0 Å². The Morgan fingerprint density at radius 3 is 2.68 bits per heavy atom. The van der Waals surface area contributed by atoms with Crippen molar-refractivity contribution < 1.29 is 9.53 Å². The van der Waals surface area contributed by atoms with Crippen LogP contribution in [0.2, 0.25) is 0 Å². The van der Waals surface area contributed by atoms with Crippen molar-refractivity contribution in [3.05, 3.63) is 53.2 Å². The van der Waals surface area contributed by atoms with Crippen LogP contribution in [0.5, 0.6) is 0 Å². The first kappa shape index (κ1) is 20.3. The highest BCUT2D eigenvalue weighted by molar-refractivity contribution is 5.94. The fourth-order valence-electron chi connectivity index (χ4n) is 3.33. The summed E-state index contributed by atoms with van der Waals surface area (Å²) in [4.78, 5) is 19.1. The van der Waals surface area contributed by atoms with Crippen LogP contribution in [0.3, 0.4) is 0 Å². The molecule has 6 nitrogen and oxygen atoms in total. The third-order valence-electron chi connectivity index (χ3n) is 5.02. The van der Waals surface area contributed by atoms with Crippen molar-refractivity contribution in [2.45, 2.75) is 26.7 Å². The highest BCUT2D eigenvalue weighted by atomic mass is 16.5. The van der Waals surface area contributed by atoms with E-state index in [0.29, 0.717) is 18.0 Å². The predicted molar refractivity (Wildman–Crippen MR) is 112 cm³/mol. The lowest BCUT2D eigenvalue weighted by Gasteiger charge is -2.26. The number of carbonyl (C=O) groups is 1. The fraction of sp³-hybridized carbons (Fsp3) is 0.455. The molecule has 1 fully saturated rings. The molecule has 1 aliphatic heterocycles. The first-order chi connectivity index (χ1) is 13.5. The molecule has 0 aliphatic carbocycles. The fourth-order valence-corrected chi connectivity index (χ4v) is 3.33. The minimum atomic E-state index is -0.0916. The number of amides is 1. The van der Waals surface area contributed by atoms with Gasteiger partial charge in [-0.25, -0.2) is 4.98 Å². The molecule has 1 aromatic carbocycles. The number of benzene rings is 1. The van der Waals surface area contributed by atoms with Gasteiger partial charge < -0.3 is 15.4 Å². The third-order valence-corrected chi connectivity index (χ3v) is 5.02. The molecule has 0 unspecified atom stereocenters. The number of ether oxygens (including phenoxy) is 1. The van der Waals surface area contributed by atoms with Gasteiger partial charge in [-0.3, -0.25) is 9.69 Å². The van der Waals surface area contributed by atoms with Crippen LogP contribution in [0, 0.1) is 6.92 Å². The Labute approximate surface area is 167 Å². The van der Waals surface area contributed by atoms with Crippen LogP contribution in [0.4, 0.5) is 11.5 Å². The highest BCUT2D eigenvalue weighted by Crippen LogP contribution is 2.29. The minimum Gasteiger partial charge on any atom is -0.379 e. The van der Waals surface area contributed by atoms with Gasteiger partial charge in [0.05, 0.1) is 18.8 Å². The van der Waals surface area contributed by atoms with E-state index in [4.69, 9.17) is 4.74 Å². The van der Waals surface area contributed by atoms with E-state index in [2.05, 4.69) is 59.5 Å². The summed E-state index contributed by atoms with van der Waals surface area (Å²) in [5.74, 6) is 1.06. The van der Waals surface area contributed by atoms with Gasteiger partial charge in [-0.15, -0.1) is 0 Å². The molecule has 150 valence electrons. The summed E-state index contributed by atoms with van der Waals surface area (Å²) in [5, 5.41) is 6.38. The SMILES string of the molecule is Cc1cccc(C(C)C)c1Nc1ccc(C(=O)NCCN2CCOCC2)cn1. The van der Waals surface area contributed by atoms with E-state index in [1.54, 1.807) is 6.20 Å². The smallest absolute Gasteiger partial charge is 0.252 e. The van der Waals surface area contributed by atoms with E-state index in [1.807, 2.05) is 12.1 Å². The number of aromatic nitrogens is 1. The number of aryl methyl sites for hydroxylation is 1. The lowest BCUT2D eigenvalue weighted by molar-refractivity contribution is 0.0383. The number of hydrogen-bond donors (Lipinski definition) is 2. The van der Waals surface area contributed by atoms with Crippen molar-refractivity contribution in [1.82, 2.24) is 15.2 Å². The number of morpholine rings is 1. The van der Waals surface area contributed by atoms with Gasteiger partial charge in [0.25, 0.3) is 5.91 Å². The second kappa shape index (κ2) is 9.66. The molecule has 28 heavy (non-hydrogen) atoms. The van der Waals surface area contributed by atoms with Gasteiger partial charge in [-0.2, -0.15) is 0 Å². The third kappa shape index (κ3) is 5.30. The van der Waals surface area contributed by atoms with Gasteiger partial charge in [0.15, 0.2) is 0 Å². The summed E-state index contributed by atoms with van der Waals surface area (Å²) in [5.41, 5.74) is 4.10.